The van der Waals surface area contributed by atoms with Crippen molar-refractivity contribution in [3.63, 3.8) is 0 Å². The average Bonchev–Trinajstić information content (AvgIpc) is 3.61. The Bertz CT molecular complexity index is 2190. The minimum Gasteiger partial charge on any atom is -0.291 e. The fraction of sp³-hybridized carbons (Fsp3) is 0.0270. The molecule has 41 heavy (non-hydrogen) atoms. The number of thiophene rings is 1. The molecule has 0 atom stereocenters. The van der Waals surface area contributed by atoms with E-state index in [1.807, 2.05) is 23.6 Å². The van der Waals surface area contributed by atoms with Gasteiger partial charge in [-0.1, -0.05) is 97.1 Å². The number of fused-ring (bicyclic) bond motifs is 4. The van der Waals surface area contributed by atoms with Crippen molar-refractivity contribution in [1.82, 2.24) is 14.5 Å². The van der Waals surface area contributed by atoms with Crippen LogP contribution in [-0.4, -0.2) is 14.5 Å². The zero-order chi connectivity index (χ0) is 27.3. The fourth-order valence-corrected chi connectivity index (χ4v) is 7.13. The number of aromatic nitrogens is 3. The Labute approximate surface area is 242 Å². The van der Waals surface area contributed by atoms with Gasteiger partial charge in [-0.25, -0.2) is 9.97 Å². The maximum atomic E-state index is 5.17. The molecule has 194 valence electrons. The monoisotopic (exact) mass is 543 g/mol. The van der Waals surface area contributed by atoms with Crippen LogP contribution in [0.25, 0.3) is 70.7 Å². The van der Waals surface area contributed by atoms with Gasteiger partial charge < -0.3 is 0 Å². The van der Waals surface area contributed by atoms with Crippen molar-refractivity contribution in [1.29, 1.82) is 0 Å². The van der Waals surface area contributed by atoms with Crippen LogP contribution in [0.2, 0.25) is 0 Å². The lowest BCUT2D eigenvalue weighted by Crippen LogP contribution is -1.98. The molecule has 0 N–H and O–H groups in total. The van der Waals surface area contributed by atoms with Crippen LogP contribution >= 0.6 is 11.3 Å². The summed E-state index contributed by atoms with van der Waals surface area (Å²) in [6.07, 6.45) is 1.93. The van der Waals surface area contributed by atoms with Crippen LogP contribution in [-0.2, 0) is 0 Å². The van der Waals surface area contributed by atoms with Gasteiger partial charge >= 0.3 is 0 Å². The molecule has 5 aromatic carbocycles. The average molecular weight is 544 g/mol. The van der Waals surface area contributed by atoms with Crippen LogP contribution < -0.4 is 0 Å². The molecule has 0 fully saturated rings. The number of hydrogen-bond donors (Lipinski definition) is 0. The Hall–Kier alpha value is -5.06. The van der Waals surface area contributed by atoms with Crippen molar-refractivity contribution in [2.75, 3.05) is 0 Å². The van der Waals surface area contributed by atoms with Crippen molar-refractivity contribution in [3.8, 4) is 39.3 Å². The molecule has 8 aromatic rings. The Balaban J connectivity index is 1.40. The lowest BCUT2D eigenvalue weighted by Gasteiger charge is -2.11. The van der Waals surface area contributed by atoms with E-state index in [1.54, 1.807) is 0 Å². The van der Waals surface area contributed by atoms with E-state index in [0.29, 0.717) is 0 Å². The molecule has 4 heteroatoms. The molecule has 0 unspecified atom stereocenters. The van der Waals surface area contributed by atoms with E-state index >= 15 is 0 Å². The van der Waals surface area contributed by atoms with E-state index < -0.39 is 0 Å². The lowest BCUT2D eigenvalue weighted by molar-refractivity contribution is 1.11. The molecule has 0 bridgehead atoms. The molecule has 0 saturated carbocycles. The second kappa shape index (κ2) is 9.54. The molecular weight excluding hydrogens is 518 g/mol. The Morgan fingerprint density at radius 1 is 0.634 bits per heavy atom. The first-order chi connectivity index (χ1) is 20.2. The SMILES string of the molecule is Cc1ccc(-c2nc3ncc(-c4ccccc4)cc3n2-c2ccccc2)c2sc3cc(-c4ccccc4)ccc3c12. The smallest absolute Gasteiger partial charge is 0.178 e. The molecule has 0 aliphatic carbocycles. The summed E-state index contributed by atoms with van der Waals surface area (Å²) < 4.78 is 4.79. The summed E-state index contributed by atoms with van der Waals surface area (Å²) in [7, 11) is 0. The largest absolute Gasteiger partial charge is 0.291 e. The van der Waals surface area contributed by atoms with Gasteiger partial charge in [-0.3, -0.25) is 4.57 Å². The molecule has 3 nitrogen and oxygen atoms in total. The molecule has 3 aromatic heterocycles. The van der Waals surface area contributed by atoms with Crippen LogP contribution in [0.1, 0.15) is 5.56 Å². The minimum absolute atomic E-state index is 0.740. The third-order valence-corrected chi connectivity index (χ3v) is 9.00. The highest BCUT2D eigenvalue weighted by Crippen LogP contribution is 2.43. The quantitative estimate of drug-likeness (QED) is 0.221. The summed E-state index contributed by atoms with van der Waals surface area (Å²) in [5.74, 6) is 0.906. The summed E-state index contributed by atoms with van der Waals surface area (Å²) in [5.41, 5.74) is 9.88. The van der Waals surface area contributed by atoms with Gasteiger partial charge in [-0.05, 0) is 59.5 Å². The fourth-order valence-electron chi connectivity index (χ4n) is 5.80. The van der Waals surface area contributed by atoms with Crippen molar-refractivity contribution in [3.05, 3.63) is 139 Å². The van der Waals surface area contributed by atoms with Crippen LogP contribution in [0, 0.1) is 6.92 Å². The molecule has 0 amide bonds. The van der Waals surface area contributed by atoms with E-state index in [-0.39, 0.29) is 0 Å². The van der Waals surface area contributed by atoms with Crippen molar-refractivity contribution in [2.24, 2.45) is 0 Å². The predicted molar refractivity (Wildman–Crippen MR) is 173 cm³/mol. The highest BCUT2D eigenvalue weighted by atomic mass is 32.1. The van der Waals surface area contributed by atoms with E-state index in [9.17, 15) is 0 Å². The van der Waals surface area contributed by atoms with Crippen molar-refractivity contribution < 1.29 is 0 Å². The number of pyridine rings is 1. The molecule has 3 heterocycles. The molecule has 8 rings (SSSR count). The van der Waals surface area contributed by atoms with Gasteiger partial charge in [-0.2, -0.15) is 0 Å². The van der Waals surface area contributed by atoms with Gasteiger partial charge in [0.25, 0.3) is 0 Å². The van der Waals surface area contributed by atoms with Gasteiger partial charge in [0.2, 0.25) is 0 Å². The van der Waals surface area contributed by atoms with E-state index in [1.165, 1.54) is 36.9 Å². The number of hydrogen-bond acceptors (Lipinski definition) is 3. The second-order valence-electron chi connectivity index (χ2n) is 10.4. The number of rotatable bonds is 4. The molecule has 0 aliphatic rings. The summed E-state index contributed by atoms with van der Waals surface area (Å²) in [6.45, 7) is 2.21. The molecule has 0 spiro atoms. The molecule has 0 aliphatic heterocycles. The van der Waals surface area contributed by atoms with Crippen molar-refractivity contribution in [2.45, 2.75) is 6.92 Å². The maximum Gasteiger partial charge on any atom is 0.178 e. The zero-order valence-electron chi connectivity index (χ0n) is 22.5. The molecule has 0 radical (unpaired) electrons. The topological polar surface area (TPSA) is 30.7 Å². The lowest BCUT2D eigenvalue weighted by atomic mass is 10.0. The number of nitrogens with zero attached hydrogens (tertiary/aromatic N) is 3. The van der Waals surface area contributed by atoms with Crippen LogP contribution in [0.15, 0.2) is 134 Å². The van der Waals surface area contributed by atoms with E-state index in [4.69, 9.17) is 9.97 Å². The van der Waals surface area contributed by atoms with Gasteiger partial charge in [0, 0.05) is 43.2 Å². The Morgan fingerprint density at radius 2 is 1.32 bits per heavy atom. The molecule has 0 saturated heterocycles. The second-order valence-corrected chi connectivity index (χ2v) is 11.4. The molecular formula is C37H25N3S. The van der Waals surface area contributed by atoms with Crippen LogP contribution in [0.4, 0.5) is 0 Å². The summed E-state index contributed by atoms with van der Waals surface area (Å²) in [4.78, 5) is 10.0. The third kappa shape index (κ3) is 3.95. The van der Waals surface area contributed by atoms with Gasteiger partial charge in [0.15, 0.2) is 5.65 Å². The van der Waals surface area contributed by atoms with Gasteiger partial charge in [-0.15, -0.1) is 11.3 Å². The third-order valence-electron chi connectivity index (χ3n) is 7.81. The normalized spacial score (nSPS) is 11.5. The summed E-state index contributed by atoms with van der Waals surface area (Å²) in [5, 5.41) is 2.59. The number of imidazole rings is 1. The Kier molecular flexibility index (Phi) is 5.54. The summed E-state index contributed by atoms with van der Waals surface area (Å²) in [6, 6.07) is 45.0. The summed E-state index contributed by atoms with van der Waals surface area (Å²) >= 11 is 1.85. The number of aryl methyl sites for hydroxylation is 1. The first-order valence-corrected chi connectivity index (χ1v) is 14.6. The number of para-hydroxylation sites is 1. The maximum absolute atomic E-state index is 5.17. The van der Waals surface area contributed by atoms with Crippen molar-refractivity contribution >= 4 is 42.7 Å². The standard InChI is InChI=1S/C37H25N3S/c1-24-17-19-31(35-34(24)30-20-18-27(22-33(30)41-35)25-11-5-2-6-12-25)37-39-36-32(40(37)29-15-9-4-10-16-29)21-28(23-38-36)26-13-7-3-8-14-26/h2-23H,1H3. The van der Waals surface area contributed by atoms with Gasteiger partial charge in [0.05, 0.1) is 5.52 Å². The minimum atomic E-state index is 0.740. The van der Waals surface area contributed by atoms with Crippen LogP contribution in [0.3, 0.4) is 0 Å². The predicted octanol–water partition coefficient (Wildman–Crippen LogP) is 10.1. The number of benzene rings is 5. The highest BCUT2D eigenvalue weighted by molar-refractivity contribution is 7.26. The zero-order valence-corrected chi connectivity index (χ0v) is 23.3. The van der Waals surface area contributed by atoms with E-state index in [0.717, 1.165) is 39.4 Å². The van der Waals surface area contributed by atoms with Crippen LogP contribution in [0.5, 0.6) is 0 Å². The first kappa shape index (κ1) is 23.8. The van der Waals surface area contributed by atoms with E-state index in [2.05, 4.69) is 133 Å². The van der Waals surface area contributed by atoms with Gasteiger partial charge in [0.1, 0.15) is 5.82 Å². The highest BCUT2D eigenvalue weighted by Gasteiger charge is 2.21. The first-order valence-electron chi connectivity index (χ1n) is 13.8. The Morgan fingerprint density at radius 3 is 2.05 bits per heavy atom.